The van der Waals surface area contributed by atoms with Crippen molar-refractivity contribution in [3.63, 3.8) is 0 Å². The SMILES string of the molecule is NNC(COCC(F)(F)C(F)F)C1CCC1. The Morgan fingerprint density at radius 1 is 1.38 bits per heavy atom. The second kappa shape index (κ2) is 5.79. The molecule has 0 aromatic carbocycles. The Bertz CT molecular complexity index is 212. The maximum Gasteiger partial charge on any atom is 0.330 e. The number of ether oxygens (including phenoxy) is 1. The van der Waals surface area contributed by atoms with Crippen LogP contribution in [0.15, 0.2) is 0 Å². The van der Waals surface area contributed by atoms with Crippen molar-refractivity contribution in [2.75, 3.05) is 13.2 Å². The molecule has 1 saturated carbocycles. The van der Waals surface area contributed by atoms with Gasteiger partial charge in [-0.05, 0) is 18.8 Å². The fraction of sp³-hybridized carbons (Fsp3) is 1.00. The predicted octanol–water partition coefficient (Wildman–Crippen LogP) is 1.54. The van der Waals surface area contributed by atoms with E-state index in [2.05, 4.69) is 10.2 Å². The first-order valence-electron chi connectivity index (χ1n) is 5.17. The van der Waals surface area contributed by atoms with Gasteiger partial charge in [0, 0.05) is 6.04 Å². The van der Waals surface area contributed by atoms with Crippen molar-refractivity contribution < 1.29 is 22.3 Å². The second-order valence-corrected chi connectivity index (χ2v) is 4.04. The Labute approximate surface area is 91.3 Å². The smallest absolute Gasteiger partial charge is 0.330 e. The van der Waals surface area contributed by atoms with Crippen molar-refractivity contribution in [1.29, 1.82) is 0 Å². The van der Waals surface area contributed by atoms with Crippen LogP contribution in [0.1, 0.15) is 19.3 Å². The first-order valence-corrected chi connectivity index (χ1v) is 5.17. The highest BCUT2D eigenvalue weighted by Crippen LogP contribution is 2.30. The zero-order valence-electron chi connectivity index (χ0n) is 8.77. The molecule has 1 rings (SSSR count). The molecule has 1 aliphatic rings. The van der Waals surface area contributed by atoms with Crippen LogP contribution in [0.4, 0.5) is 17.6 Å². The summed E-state index contributed by atoms with van der Waals surface area (Å²) in [5.41, 5.74) is 2.46. The number of nitrogens with two attached hydrogens (primary N) is 1. The van der Waals surface area contributed by atoms with Gasteiger partial charge in [-0.3, -0.25) is 11.3 Å². The maximum absolute atomic E-state index is 12.5. The highest BCUT2D eigenvalue weighted by atomic mass is 19.3. The topological polar surface area (TPSA) is 47.3 Å². The lowest BCUT2D eigenvalue weighted by atomic mass is 9.80. The summed E-state index contributed by atoms with van der Waals surface area (Å²) in [6.07, 6.45) is -0.691. The second-order valence-electron chi connectivity index (χ2n) is 4.04. The molecule has 0 amide bonds. The van der Waals surface area contributed by atoms with Gasteiger partial charge in [-0.25, -0.2) is 8.78 Å². The molecule has 1 unspecified atom stereocenters. The van der Waals surface area contributed by atoms with Gasteiger partial charge in [0.1, 0.15) is 6.61 Å². The third-order valence-corrected chi connectivity index (χ3v) is 2.84. The molecule has 0 saturated heterocycles. The zero-order chi connectivity index (χ0) is 12.2. The molecule has 3 N–H and O–H groups in total. The third-order valence-electron chi connectivity index (χ3n) is 2.84. The van der Waals surface area contributed by atoms with Gasteiger partial charge in [0.15, 0.2) is 0 Å². The summed E-state index contributed by atoms with van der Waals surface area (Å²) in [6.45, 7) is -1.33. The summed E-state index contributed by atoms with van der Waals surface area (Å²) < 4.78 is 53.1. The Morgan fingerprint density at radius 2 is 2.00 bits per heavy atom. The Balaban J connectivity index is 2.22. The van der Waals surface area contributed by atoms with Gasteiger partial charge in [-0.2, -0.15) is 8.78 Å². The lowest BCUT2D eigenvalue weighted by Gasteiger charge is -2.33. The van der Waals surface area contributed by atoms with E-state index in [-0.39, 0.29) is 12.6 Å². The van der Waals surface area contributed by atoms with Gasteiger partial charge >= 0.3 is 12.3 Å². The maximum atomic E-state index is 12.5. The third kappa shape index (κ3) is 3.57. The molecular weight excluding hydrogens is 228 g/mol. The highest BCUT2D eigenvalue weighted by Gasteiger charge is 2.41. The molecule has 1 fully saturated rings. The van der Waals surface area contributed by atoms with Gasteiger partial charge < -0.3 is 4.74 Å². The van der Waals surface area contributed by atoms with Crippen molar-refractivity contribution in [3.8, 4) is 0 Å². The average Bonchev–Trinajstić information content (AvgIpc) is 2.12. The highest BCUT2D eigenvalue weighted by molar-refractivity contribution is 4.81. The van der Waals surface area contributed by atoms with Crippen LogP contribution in [-0.4, -0.2) is 31.6 Å². The number of hydrazine groups is 1. The summed E-state index contributed by atoms with van der Waals surface area (Å²) in [4.78, 5) is 0. The van der Waals surface area contributed by atoms with Crippen molar-refractivity contribution in [1.82, 2.24) is 5.43 Å². The minimum Gasteiger partial charge on any atom is -0.373 e. The summed E-state index contributed by atoms with van der Waals surface area (Å²) in [7, 11) is 0. The molecule has 0 radical (unpaired) electrons. The van der Waals surface area contributed by atoms with Crippen LogP contribution in [0, 0.1) is 5.92 Å². The van der Waals surface area contributed by atoms with Crippen molar-refractivity contribution >= 4 is 0 Å². The first kappa shape index (κ1) is 13.7. The zero-order valence-corrected chi connectivity index (χ0v) is 8.77. The largest absolute Gasteiger partial charge is 0.373 e. The molecule has 0 aliphatic heterocycles. The quantitative estimate of drug-likeness (QED) is 0.405. The van der Waals surface area contributed by atoms with Crippen LogP contribution < -0.4 is 11.3 Å². The van der Waals surface area contributed by atoms with Gasteiger partial charge in [0.2, 0.25) is 0 Å². The molecule has 1 aliphatic carbocycles. The Kier molecular flexibility index (Phi) is 4.94. The van der Waals surface area contributed by atoms with Crippen LogP contribution in [0.3, 0.4) is 0 Å². The Hall–Kier alpha value is -0.400. The van der Waals surface area contributed by atoms with Crippen LogP contribution >= 0.6 is 0 Å². The molecule has 96 valence electrons. The van der Waals surface area contributed by atoms with E-state index in [1.54, 1.807) is 0 Å². The summed E-state index contributed by atoms with van der Waals surface area (Å²) in [6, 6.07) is -0.234. The van der Waals surface area contributed by atoms with Crippen LogP contribution in [-0.2, 0) is 4.74 Å². The van der Waals surface area contributed by atoms with E-state index in [1.807, 2.05) is 0 Å². The molecule has 0 bridgehead atoms. The standard InChI is InChI=1S/C9H16F4N2O/c10-8(11)9(12,13)5-16-4-7(15-14)6-2-1-3-6/h6-8,15H,1-5,14H2. The molecule has 3 nitrogen and oxygen atoms in total. The monoisotopic (exact) mass is 244 g/mol. The van der Waals surface area contributed by atoms with E-state index in [0.29, 0.717) is 5.92 Å². The molecule has 7 heteroatoms. The van der Waals surface area contributed by atoms with E-state index in [4.69, 9.17) is 5.84 Å². The minimum atomic E-state index is -4.08. The molecule has 0 aromatic rings. The average molecular weight is 244 g/mol. The van der Waals surface area contributed by atoms with Crippen molar-refractivity contribution in [3.05, 3.63) is 0 Å². The minimum absolute atomic E-state index is 0.0660. The number of alkyl halides is 4. The normalized spacial score (nSPS) is 19.9. The van der Waals surface area contributed by atoms with E-state index < -0.39 is 19.0 Å². The van der Waals surface area contributed by atoms with E-state index in [9.17, 15) is 17.6 Å². The summed E-state index contributed by atoms with van der Waals surface area (Å²) >= 11 is 0. The number of hydrogen-bond acceptors (Lipinski definition) is 3. The Morgan fingerprint density at radius 3 is 2.38 bits per heavy atom. The van der Waals surface area contributed by atoms with E-state index in [0.717, 1.165) is 19.3 Å². The lowest BCUT2D eigenvalue weighted by molar-refractivity contribution is -0.168. The van der Waals surface area contributed by atoms with Crippen molar-refractivity contribution in [2.24, 2.45) is 11.8 Å². The number of hydrogen-bond donors (Lipinski definition) is 2. The summed E-state index contributed by atoms with van der Waals surface area (Å²) in [5, 5.41) is 0. The molecule has 0 spiro atoms. The van der Waals surface area contributed by atoms with Gasteiger partial charge in [-0.1, -0.05) is 6.42 Å². The van der Waals surface area contributed by atoms with Crippen LogP contribution in [0.5, 0.6) is 0 Å². The molecular formula is C9H16F4N2O. The van der Waals surface area contributed by atoms with Crippen LogP contribution in [0.2, 0.25) is 0 Å². The van der Waals surface area contributed by atoms with E-state index in [1.165, 1.54) is 0 Å². The lowest BCUT2D eigenvalue weighted by Crippen LogP contribution is -2.47. The van der Waals surface area contributed by atoms with Crippen LogP contribution in [0.25, 0.3) is 0 Å². The number of halogens is 4. The van der Waals surface area contributed by atoms with Gasteiger partial charge in [0.25, 0.3) is 0 Å². The molecule has 0 heterocycles. The molecule has 1 atom stereocenters. The molecule has 16 heavy (non-hydrogen) atoms. The first-order chi connectivity index (χ1) is 7.47. The summed E-state index contributed by atoms with van der Waals surface area (Å²) in [5.74, 6) is 1.44. The fourth-order valence-electron chi connectivity index (χ4n) is 1.55. The van der Waals surface area contributed by atoms with Gasteiger partial charge in [-0.15, -0.1) is 0 Å². The van der Waals surface area contributed by atoms with Gasteiger partial charge in [0.05, 0.1) is 6.61 Å². The number of nitrogens with one attached hydrogen (secondary N) is 1. The molecule has 0 aromatic heterocycles. The predicted molar refractivity (Wildman–Crippen MR) is 50.2 cm³/mol. The number of rotatable bonds is 7. The van der Waals surface area contributed by atoms with Crippen molar-refractivity contribution in [2.45, 2.75) is 37.7 Å². The van der Waals surface area contributed by atoms with E-state index >= 15 is 0 Å². The fourth-order valence-corrected chi connectivity index (χ4v) is 1.55.